The highest BCUT2D eigenvalue weighted by molar-refractivity contribution is 7.89. The molecule has 0 bridgehead atoms. The number of carbonyl (C=O) groups is 1. The number of hydrogen-bond acceptors (Lipinski definition) is 7. The fraction of sp³-hybridized carbons (Fsp3) is 0.222. The van der Waals surface area contributed by atoms with E-state index in [1.54, 1.807) is 12.1 Å². The lowest BCUT2D eigenvalue weighted by Crippen LogP contribution is -2.25. The summed E-state index contributed by atoms with van der Waals surface area (Å²) >= 11 is 0. The van der Waals surface area contributed by atoms with Gasteiger partial charge in [0.1, 0.15) is 0 Å². The molecule has 4 N–H and O–H groups in total. The summed E-state index contributed by atoms with van der Waals surface area (Å²) in [4.78, 5) is 21.5. The van der Waals surface area contributed by atoms with E-state index in [0.717, 1.165) is 40.4 Å². The van der Waals surface area contributed by atoms with Gasteiger partial charge in [0.25, 0.3) is 5.91 Å². The predicted molar refractivity (Wildman–Crippen MR) is 142 cm³/mol. The normalized spacial score (nSPS) is 13.4. The second-order valence-electron chi connectivity index (χ2n) is 8.88. The number of ether oxygens (including phenoxy) is 1. The highest BCUT2D eigenvalue weighted by atomic mass is 32.2. The molecule has 1 aliphatic carbocycles. The number of hydrogen-bond donors (Lipinski definition) is 3. The average molecular weight is 518 g/mol. The molecule has 5 rings (SSSR count). The fourth-order valence-electron chi connectivity index (χ4n) is 3.89. The van der Waals surface area contributed by atoms with Gasteiger partial charge in [-0.2, -0.15) is 4.98 Å². The Morgan fingerprint density at radius 1 is 1.00 bits per heavy atom. The van der Waals surface area contributed by atoms with Gasteiger partial charge < -0.3 is 15.4 Å². The zero-order valence-electron chi connectivity index (χ0n) is 20.3. The molecule has 37 heavy (non-hydrogen) atoms. The minimum Gasteiger partial charge on any atom is -0.477 e. The molecule has 1 amide bonds. The molecule has 1 saturated carbocycles. The van der Waals surface area contributed by atoms with E-state index in [-0.39, 0.29) is 10.8 Å². The van der Waals surface area contributed by atoms with E-state index in [1.165, 1.54) is 12.1 Å². The number of fused-ring (bicyclic) bond motifs is 1. The number of nitrogens with zero attached hydrogens (tertiary/aromatic N) is 2. The fourth-order valence-corrected chi connectivity index (χ4v) is 4.41. The molecule has 1 heterocycles. The van der Waals surface area contributed by atoms with Gasteiger partial charge in [-0.15, -0.1) is 0 Å². The summed E-state index contributed by atoms with van der Waals surface area (Å²) in [6.45, 7) is 2.72. The Kier molecular flexibility index (Phi) is 6.77. The summed E-state index contributed by atoms with van der Waals surface area (Å²) in [5, 5.41) is 12.1. The van der Waals surface area contributed by atoms with Crippen LogP contribution >= 0.6 is 0 Å². The molecule has 0 aliphatic heterocycles. The lowest BCUT2D eigenvalue weighted by Gasteiger charge is -2.12. The quantitative estimate of drug-likeness (QED) is 0.307. The number of nitrogens with one attached hydrogen (secondary N) is 2. The van der Waals surface area contributed by atoms with Crippen LogP contribution in [0.15, 0.2) is 71.6 Å². The molecule has 0 saturated heterocycles. The maximum atomic E-state index is 12.3. The van der Waals surface area contributed by atoms with Gasteiger partial charge in [0.2, 0.25) is 21.9 Å². The molecular weight excluding hydrogens is 490 g/mol. The summed E-state index contributed by atoms with van der Waals surface area (Å²) in [6.07, 6.45) is 2.10. The summed E-state index contributed by atoms with van der Waals surface area (Å²) in [7, 11) is -3.73. The van der Waals surface area contributed by atoms with E-state index < -0.39 is 10.0 Å². The van der Waals surface area contributed by atoms with Crippen LogP contribution in [-0.4, -0.2) is 36.9 Å². The molecule has 0 atom stereocenters. The standard InChI is InChI=1S/C27H27N5O4S/c1-2-36-26-23-15-20(18-5-7-19(8-6-18)25(33)30-21-10-11-21)9-14-24(23)31-27(32-26)29-16-17-3-12-22(13-4-17)37(28,34)35/h3-9,12-15,21H,2,10-11,16H2,1H3,(H,30,33)(H2,28,34,35)(H,29,31,32). The third-order valence-corrected chi connectivity index (χ3v) is 6.97. The highest BCUT2D eigenvalue weighted by Gasteiger charge is 2.23. The van der Waals surface area contributed by atoms with Crippen LogP contribution in [0.4, 0.5) is 5.95 Å². The molecule has 4 aromatic rings. The van der Waals surface area contributed by atoms with Crippen LogP contribution in [0.3, 0.4) is 0 Å². The molecule has 9 nitrogen and oxygen atoms in total. The van der Waals surface area contributed by atoms with Crippen molar-refractivity contribution >= 4 is 32.8 Å². The molecular formula is C27H27N5O4S. The number of primary sulfonamides is 1. The minimum absolute atomic E-state index is 0.0417. The van der Waals surface area contributed by atoms with Crippen molar-refractivity contribution in [2.24, 2.45) is 5.14 Å². The van der Waals surface area contributed by atoms with Gasteiger partial charge in [-0.05, 0) is 72.9 Å². The highest BCUT2D eigenvalue weighted by Crippen LogP contribution is 2.30. The molecule has 190 valence electrons. The number of rotatable bonds is 9. The Hall–Kier alpha value is -4.02. The second-order valence-corrected chi connectivity index (χ2v) is 10.4. The number of anilines is 1. The summed E-state index contributed by atoms with van der Waals surface area (Å²) in [6, 6.07) is 20.0. The first kappa shape index (κ1) is 24.7. The van der Waals surface area contributed by atoms with Crippen LogP contribution in [0.25, 0.3) is 22.0 Å². The van der Waals surface area contributed by atoms with Gasteiger partial charge >= 0.3 is 0 Å². The van der Waals surface area contributed by atoms with Crippen LogP contribution in [0, 0.1) is 0 Å². The summed E-state index contributed by atoms with van der Waals surface area (Å²) in [5.74, 6) is 0.812. The van der Waals surface area contributed by atoms with Gasteiger partial charge in [0, 0.05) is 18.2 Å². The molecule has 3 aromatic carbocycles. The monoisotopic (exact) mass is 517 g/mol. The number of nitrogens with two attached hydrogens (primary N) is 1. The van der Waals surface area contributed by atoms with E-state index in [1.807, 2.05) is 49.4 Å². The average Bonchev–Trinajstić information content (AvgIpc) is 3.71. The number of sulfonamides is 1. The van der Waals surface area contributed by atoms with Crippen molar-refractivity contribution in [1.82, 2.24) is 15.3 Å². The van der Waals surface area contributed by atoms with Crippen LogP contribution in [0.1, 0.15) is 35.7 Å². The smallest absolute Gasteiger partial charge is 0.251 e. The molecule has 1 aromatic heterocycles. The third-order valence-electron chi connectivity index (χ3n) is 6.04. The Morgan fingerprint density at radius 3 is 2.35 bits per heavy atom. The first-order valence-corrected chi connectivity index (χ1v) is 13.6. The second kappa shape index (κ2) is 10.2. The van der Waals surface area contributed by atoms with Crippen molar-refractivity contribution in [2.75, 3.05) is 11.9 Å². The molecule has 0 spiro atoms. The van der Waals surface area contributed by atoms with E-state index in [9.17, 15) is 13.2 Å². The van der Waals surface area contributed by atoms with E-state index in [2.05, 4.69) is 20.6 Å². The van der Waals surface area contributed by atoms with Crippen molar-refractivity contribution in [3.63, 3.8) is 0 Å². The Labute approximate surface area is 215 Å². The number of aromatic nitrogens is 2. The van der Waals surface area contributed by atoms with Crippen LogP contribution in [-0.2, 0) is 16.6 Å². The lowest BCUT2D eigenvalue weighted by atomic mass is 10.0. The van der Waals surface area contributed by atoms with Gasteiger partial charge in [-0.25, -0.2) is 18.5 Å². The van der Waals surface area contributed by atoms with Gasteiger partial charge in [0.15, 0.2) is 0 Å². The maximum Gasteiger partial charge on any atom is 0.251 e. The third kappa shape index (κ3) is 5.87. The lowest BCUT2D eigenvalue weighted by molar-refractivity contribution is 0.0951. The van der Waals surface area contributed by atoms with E-state index in [4.69, 9.17) is 9.88 Å². The van der Waals surface area contributed by atoms with Gasteiger partial charge in [-0.3, -0.25) is 4.79 Å². The van der Waals surface area contributed by atoms with E-state index in [0.29, 0.717) is 36.6 Å². The van der Waals surface area contributed by atoms with E-state index >= 15 is 0 Å². The van der Waals surface area contributed by atoms with Crippen molar-refractivity contribution in [2.45, 2.75) is 37.2 Å². The molecule has 1 fully saturated rings. The number of carbonyl (C=O) groups excluding carboxylic acids is 1. The summed E-state index contributed by atoms with van der Waals surface area (Å²) in [5.41, 5.74) is 4.14. The first-order valence-electron chi connectivity index (χ1n) is 12.0. The van der Waals surface area contributed by atoms with Gasteiger partial charge in [-0.1, -0.05) is 30.3 Å². The van der Waals surface area contributed by atoms with Crippen molar-refractivity contribution in [3.8, 4) is 17.0 Å². The Morgan fingerprint density at radius 2 is 1.70 bits per heavy atom. The number of amides is 1. The predicted octanol–water partition coefficient (Wildman–Crippen LogP) is 3.85. The largest absolute Gasteiger partial charge is 0.477 e. The summed E-state index contributed by atoms with van der Waals surface area (Å²) < 4.78 is 28.7. The van der Waals surface area contributed by atoms with Crippen molar-refractivity contribution < 1.29 is 17.9 Å². The van der Waals surface area contributed by atoms with Crippen LogP contribution in [0.5, 0.6) is 5.88 Å². The topological polar surface area (TPSA) is 136 Å². The zero-order valence-corrected chi connectivity index (χ0v) is 21.1. The molecule has 1 aliphatic rings. The molecule has 0 unspecified atom stereocenters. The first-order chi connectivity index (χ1) is 17.8. The van der Waals surface area contributed by atoms with Crippen LogP contribution < -0.4 is 20.5 Å². The van der Waals surface area contributed by atoms with Crippen molar-refractivity contribution in [3.05, 3.63) is 77.9 Å². The Bertz CT molecular complexity index is 1550. The maximum absolute atomic E-state index is 12.3. The zero-order chi connectivity index (χ0) is 26.0. The SMILES string of the molecule is CCOc1nc(NCc2ccc(S(N)(=O)=O)cc2)nc2ccc(-c3ccc(C(=O)NC4CC4)cc3)cc12. The van der Waals surface area contributed by atoms with Crippen molar-refractivity contribution in [1.29, 1.82) is 0 Å². The van der Waals surface area contributed by atoms with Crippen LogP contribution in [0.2, 0.25) is 0 Å². The number of benzene rings is 3. The Balaban J connectivity index is 1.36. The minimum atomic E-state index is -3.73. The van der Waals surface area contributed by atoms with Gasteiger partial charge in [0.05, 0.1) is 22.4 Å². The molecule has 10 heteroatoms. The molecule has 0 radical (unpaired) electrons.